The number of anilines is 2. The molecule has 12 nitrogen and oxygen atoms in total. The number of esters is 1. The first kappa shape index (κ1) is 25.4. The first-order valence-electron chi connectivity index (χ1n) is 10.4. The molecule has 1 aromatic heterocycles. The summed E-state index contributed by atoms with van der Waals surface area (Å²) in [4.78, 5) is 44.5. The molecular formula is C21H28N6O6. The van der Waals surface area contributed by atoms with Crippen LogP contribution in [0.25, 0.3) is 0 Å². The van der Waals surface area contributed by atoms with Gasteiger partial charge < -0.3 is 15.0 Å². The van der Waals surface area contributed by atoms with Crippen LogP contribution in [0.4, 0.5) is 23.1 Å². The number of rotatable bonds is 10. The van der Waals surface area contributed by atoms with Gasteiger partial charge in [-0.2, -0.15) is 4.98 Å². The summed E-state index contributed by atoms with van der Waals surface area (Å²) < 4.78 is 5.49. The van der Waals surface area contributed by atoms with Crippen molar-refractivity contribution in [2.45, 2.75) is 52.7 Å². The van der Waals surface area contributed by atoms with E-state index in [1.165, 1.54) is 24.3 Å². The molecule has 0 saturated carbocycles. The number of benzene rings is 1. The fourth-order valence-electron chi connectivity index (χ4n) is 2.99. The van der Waals surface area contributed by atoms with Crippen LogP contribution in [0.2, 0.25) is 0 Å². The van der Waals surface area contributed by atoms with Crippen LogP contribution in [0, 0.1) is 20.2 Å². The van der Waals surface area contributed by atoms with E-state index in [1.54, 1.807) is 20.8 Å². The van der Waals surface area contributed by atoms with Crippen LogP contribution < -0.4 is 10.2 Å². The lowest BCUT2D eigenvalue weighted by atomic mass is 10.0. The van der Waals surface area contributed by atoms with Crippen molar-refractivity contribution in [1.29, 1.82) is 0 Å². The third-order valence-corrected chi connectivity index (χ3v) is 4.59. The van der Waals surface area contributed by atoms with Gasteiger partial charge in [0.2, 0.25) is 11.8 Å². The molecule has 0 aliphatic heterocycles. The molecule has 33 heavy (non-hydrogen) atoms. The van der Waals surface area contributed by atoms with Gasteiger partial charge in [0.05, 0.1) is 9.85 Å². The van der Waals surface area contributed by atoms with Crippen molar-refractivity contribution in [2.75, 3.05) is 23.3 Å². The van der Waals surface area contributed by atoms with E-state index >= 15 is 0 Å². The smallest absolute Gasteiger partial charge is 0.329 e. The second-order valence-corrected chi connectivity index (χ2v) is 8.19. The van der Waals surface area contributed by atoms with E-state index in [-0.39, 0.29) is 29.6 Å². The number of aromatic nitrogens is 2. The van der Waals surface area contributed by atoms with Gasteiger partial charge in [0.15, 0.2) is 0 Å². The summed E-state index contributed by atoms with van der Waals surface area (Å²) >= 11 is 0. The van der Waals surface area contributed by atoms with Crippen LogP contribution in [-0.4, -0.2) is 50.5 Å². The number of nitro groups is 2. The molecule has 0 amide bonds. The Labute approximate surface area is 191 Å². The molecule has 2 aromatic rings. The van der Waals surface area contributed by atoms with Crippen LogP contribution in [0.5, 0.6) is 0 Å². The van der Waals surface area contributed by atoms with Crippen LogP contribution in [0.15, 0.2) is 30.5 Å². The number of carbonyl (C=O) groups excluding carboxylic acids is 1. The zero-order valence-corrected chi connectivity index (χ0v) is 19.3. The van der Waals surface area contributed by atoms with Gasteiger partial charge in [-0.3, -0.25) is 20.2 Å². The SMILES string of the molecule is CCN(CC)c1ncc([N+](=O)[O-])c(N[C@@H](Cc2ccc([N+](=O)[O-])cc2)C(=O)OC(C)(C)C)n1. The zero-order chi connectivity index (χ0) is 24.8. The highest BCUT2D eigenvalue weighted by molar-refractivity contribution is 5.81. The first-order valence-corrected chi connectivity index (χ1v) is 10.4. The van der Waals surface area contributed by atoms with Gasteiger partial charge in [-0.25, -0.2) is 9.78 Å². The molecule has 0 radical (unpaired) electrons. The van der Waals surface area contributed by atoms with E-state index in [0.717, 1.165) is 6.20 Å². The van der Waals surface area contributed by atoms with E-state index in [0.29, 0.717) is 18.7 Å². The summed E-state index contributed by atoms with van der Waals surface area (Å²) in [5.41, 5.74) is -0.667. The maximum absolute atomic E-state index is 12.9. The van der Waals surface area contributed by atoms with Crippen LogP contribution >= 0.6 is 0 Å². The normalized spacial score (nSPS) is 12.0. The molecule has 12 heteroatoms. The Morgan fingerprint density at radius 1 is 1.12 bits per heavy atom. The highest BCUT2D eigenvalue weighted by Gasteiger charge is 2.29. The number of hydrogen-bond donors (Lipinski definition) is 1. The zero-order valence-electron chi connectivity index (χ0n) is 19.3. The number of non-ortho nitro benzene ring substituents is 1. The highest BCUT2D eigenvalue weighted by Crippen LogP contribution is 2.26. The topological polar surface area (TPSA) is 154 Å². The fraction of sp³-hybridized carbons (Fsp3) is 0.476. The molecule has 0 aliphatic rings. The maximum atomic E-state index is 12.9. The lowest BCUT2D eigenvalue weighted by Crippen LogP contribution is -2.38. The lowest BCUT2D eigenvalue weighted by Gasteiger charge is -2.25. The third kappa shape index (κ3) is 7.09. The van der Waals surface area contributed by atoms with Crippen molar-refractivity contribution in [3.05, 3.63) is 56.3 Å². The Morgan fingerprint density at radius 2 is 1.73 bits per heavy atom. The van der Waals surface area contributed by atoms with Crippen molar-refractivity contribution in [3.8, 4) is 0 Å². The van der Waals surface area contributed by atoms with Gasteiger partial charge in [0.1, 0.15) is 17.8 Å². The summed E-state index contributed by atoms with van der Waals surface area (Å²) in [7, 11) is 0. The van der Waals surface area contributed by atoms with Crippen molar-refractivity contribution in [3.63, 3.8) is 0 Å². The average Bonchev–Trinajstić information content (AvgIpc) is 2.73. The summed E-state index contributed by atoms with van der Waals surface area (Å²) in [6.45, 7) is 10.1. The number of nitrogens with one attached hydrogen (secondary N) is 1. The standard InChI is InChI=1S/C21H28N6O6/c1-6-25(7-2)20-22-13-17(27(31)32)18(24-20)23-16(19(28)33-21(3,4)5)12-14-8-10-15(11-9-14)26(29)30/h8-11,13,16H,6-7,12H2,1-5H3,(H,22,23,24)/t16-/m0/s1. The second-order valence-electron chi connectivity index (χ2n) is 8.19. The molecule has 0 aliphatic carbocycles. The van der Waals surface area contributed by atoms with Crippen molar-refractivity contribution in [1.82, 2.24) is 9.97 Å². The number of nitrogens with zero attached hydrogens (tertiary/aromatic N) is 5. The molecular weight excluding hydrogens is 432 g/mol. The van der Waals surface area contributed by atoms with Crippen molar-refractivity contribution >= 4 is 29.1 Å². The minimum atomic E-state index is -1.04. The number of nitro benzene ring substituents is 1. The van der Waals surface area contributed by atoms with E-state index in [2.05, 4.69) is 15.3 Å². The monoisotopic (exact) mass is 460 g/mol. The lowest BCUT2D eigenvalue weighted by molar-refractivity contribution is -0.384. The van der Waals surface area contributed by atoms with Gasteiger partial charge in [-0.1, -0.05) is 12.1 Å². The molecule has 0 saturated heterocycles. The Balaban J connectivity index is 2.44. The van der Waals surface area contributed by atoms with Gasteiger partial charge in [-0.15, -0.1) is 0 Å². The van der Waals surface area contributed by atoms with E-state index < -0.39 is 27.5 Å². The van der Waals surface area contributed by atoms with E-state index in [9.17, 15) is 25.0 Å². The largest absolute Gasteiger partial charge is 0.458 e. The minimum absolute atomic E-state index is 0.0642. The molecule has 2 rings (SSSR count). The summed E-state index contributed by atoms with van der Waals surface area (Å²) in [5, 5.41) is 25.3. The van der Waals surface area contributed by atoms with Crippen molar-refractivity contribution in [2.24, 2.45) is 0 Å². The molecule has 0 unspecified atom stereocenters. The number of hydrogen-bond acceptors (Lipinski definition) is 10. The molecule has 1 heterocycles. The average molecular weight is 460 g/mol. The molecule has 0 fully saturated rings. The van der Waals surface area contributed by atoms with Crippen LogP contribution in [-0.2, 0) is 16.0 Å². The second kappa shape index (κ2) is 10.7. The first-order chi connectivity index (χ1) is 15.4. The summed E-state index contributed by atoms with van der Waals surface area (Å²) in [5.74, 6) is -0.473. The molecule has 1 N–H and O–H groups in total. The molecule has 1 atom stereocenters. The molecule has 0 spiro atoms. The predicted molar refractivity (Wildman–Crippen MR) is 122 cm³/mol. The Kier molecular flexibility index (Phi) is 8.21. The van der Waals surface area contributed by atoms with E-state index in [4.69, 9.17) is 4.74 Å². The number of ether oxygens (including phenoxy) is 1. The maximum Gasteiger partial charge on any atom is 0.329 e. The summed E-state index contributed by atoms with van der Waals surface area (Å²) in [6.07, 6.45) is 1.16. The Hall–Kier alpha value is -3.83. The predicted octanol–water partition coefficient (Wildman–Crippen LogP) is 3.50. The molecule has 0 bridgehead atoms. The van der Waals surface area contributed by atoms with Crippen LogP contribution in [0.3, 0.4) is 0 Å². The van der Waals surface area contributed by atoms with Crippen molar-refractivity contribution < 1.29 is 19.4 Å². The summed E-state index contributed by atoms with van der Waals surface area (Å²) in [6, 6.07) is 4.66. The van der Waals surface area contributed by atoms with Gasteiger partial charge in [0.25, 0.3) is 5.69 Å². The van der Waals surface area contributed by atoms with Gasteiger partial charge in [-0.05, 0) is 40.2 Å². The van der Waals surface area contributed by atoms with E-state index in [1.807, 2.05) is 18.7 Å². The quantitative estimate of drug-likeness (QED) is 0.316. The van der Waals surface area contributed by atoms with Gasteiger partial charge in [0, 0.05) is 31.6 Å². The van der Waals surface area contributed by atoms with Crippen LogP contribution in [0.1, 0.15) is 40.2 Å². The fourth-order valence-corrected chi connectivity index (χ4v) is 2.99. The highest BCUT2D eigenvalue weighted by atomic mass is 16.6. The Morgan fingerprint density at radius 3 is 2.21 bits per heavy atom. The van der Waals surface area contributed by atoms with Gasteiger partial charge >= 0.3 is 11.7 Å². The number of carbonyl (C=O) groups is 1. The molecule has 178 valence electrons. The Bertz CT molecular complexity index is 1000. The molecule has 1 aromatic carbocycles. The third-order valence-electron chi connectivity index (χ3n) is 4.59. The minimum Gasteiger partial charge on any atom is -0.458 e.